The summed E-state index contributed by atoms with van der Waals surface area (Å²) in [5.41, 5.74) is 0.406. The van der Waals surface area contributed by atoms with Gasteiger partial charge in [0.05, 0.1) is 12.6 Å². The predicted molar refractivity (Wildman–Crippen MR) is 71.1 cm³/mol. The molecular weight excluding hydrogens is 260 g/mol. The number of benzene rings is 1. The van der Waals surface area contributed by atoms with Crippen LogP contribution in [0.2, 0.25) is 0 Å². The van der Waals surface area contributed by atoms with Gasteiger partial charge in [0, 0.05) is 5.56 Å². The maximum absolute atomic E-state index is 12.1. The lowest BCUT2D eigenvalue weighted by atomic mass is 10.1. The number of rotatable bonds is 4. The number of hydrogen-bond donors (Lipinski definition) is 2. The zero-order valence-corrected chi connectivity index (χ0v) is 10.9. The van der Waals surface area contributed by atoms with Gasteiger partial charge in [-0.25, -0.2) is 0 Å². The fourth-order valence-corrected chi connectivity index (χ4v) is 2.34. The van der Waals surface area contributed by atoms with E-state index < -0.39 is 23.8 Å². The second-order valence-corrected chi connectivity index (χ2v) is 4.71. The topological polar surface area (TPSA) is 86.7 Å². The Morgan fingerprint density at radius 2 is 1.95 bits per heavy atom. The van der Waals surface area contributed by atoms with Crippen LogP contribution >= 0.6 is 0 Å². The molecule has 0 bridgehead atoms. The van der Waals surface area contributed by atoms with E-state index in [1.54, 1.807) is 35.2 Å². The van der Waals surface area contributed by atoms with E-state index >= 15 is 0 Å². The Hall–Kier alpha value is -2.21. The number of amides is 2. The van der Waals surface area contributed by atoms with Crippen molar-refractivity contribution < 1.29 is 19.5 Å². The molecule has 1 aliphatic rings. The number of carboxylic acid groups (broad SMARTS) is 1. The molecule has 106 valence electrons. The van der Waals surface area contributed by atoms with Crippen molar-refractivity contribution in [3.8, 4) is 0 Å². The average Bonchev–Trinajstić information content (AvgIpc) is 2.87. The molecule has 2 rings (SSSR count). The minimum atomic E-state index is -0.973. The molecule has 1 aromatic carbocycles. The van der Waals surface area contributed by atoms with Gasteiger partial charge in [-0.2, -0.15) is 0 Å². The number of nitrogens with zero attached hydrogens (tertiary/aromatic N) is 1. The Bertz CT molecular complexity index is 515. The molecule has 20 heavy (non-hydrogen) atoms. The first-order valence-electron chi connectivity index (χ1n) is 6.44. The second-order valence-electron chi connectivity index (χ2n) is 4.71. The fraction of sp³-hybridized carbons (Fsp3) is 0.357. The lowest BCUT2D eigenvalue weighted by Crippen LogP contribution is -2.46. The molecule has 0 aromatic heterocycles. The molecule has 2 N–H and O–H groups in total. The number of imide groups is 1. The Kier molecular flexibility index (Phi) is 4.47. The van der Waals surface area contributed by atoms with Crippen molar-refractivity contribution in [2.24, 2.45) is 0 Å². The number of nitrogens with one attached hydrogen (secondary N) is 1. The van der Waals surface area contributed by atoms with E-state index in [0.29, 0.717) is 18.5 Å². The van der Waals surface area contributed by atoms with E-state index in [4.69, 9.17) is 5.11 Å². The van der Waals surface area contributed by atoms with E-state index in [2.05, 4.69) is 5.32 Å². The molecule has 0 saturated carbocycles. The van der Waals surface area contributed by atoms with E-state index in [9.17, 15) is 14.4 Å². The number of carboxylic acids is 1. The zero-order valence-electron chi connectivity index (χ0n) is 10.9. The maximum Gasteiger partial charge on any atom is 0.317 e. The molecule has 1 fully saturated rings. The Morgan fingerprint density at radius 1 is 1.25 bits per heavy atom. The molecule has 6 nitrogen and oxygen atoms in total. The van der Waals surface area contributed by atoms with Crippen molar-refractivity contribution in [1.82, 2.24) is 10.2 Å². The lowest BCUT2D eigenvalue weighted by molar-refractivity contribution is -0.139. The Morgan fingerprint density at radius 3 is 2.60 bits per heavy atom. The van der Waals surface area contributed by atoms with Crippen LogP contribution in [0, 0.1) is 0 Å². The smallest absolute Gasteiger partial charge is 0.317 e. The van der Waals surface area contributed by atoms with Crippen molar-refractivity contribution in [2.45, 2.75) is 18.9 Å². The molecule has 1 aromatic rings. The summed E-state index contributed by atoms with van der Waals surface area (Å²) in [6.45, 7) is 0.377. The first kappa shape index (κ1) is 14.2. The van der Waals surface area contributed by atoms with Gasteiger partial charge in [0.2, 0.25) is 5.91 Å². The number of carbonyl (C=O) groups is 3. The van der Waals surface area contributed by atoms with Crippen LogP contribution in [0.5, 0.6) is 0 Å². The molecule has 0 aliphatic carbocycles. The van der Waals surface area contributed by atoms with E-state index in [1.165, 1.54) is 0 Å². The summed E-state index contributed by atoms with van der Waals surface area (Å²) in [7, 11) is 0. The summed E-state index contributed by atoms with van der Waals surface area (Å²) in [6.07, 6.45) is 1.33. The van der Waals surface area contributed by atoms with Crippen LogP contribution in [0.1, 0.15) is 23.2 Å². The van der Waals surface area contributed by atoms with Crippen molar-refractivity contribution >= 4 is 17.8 Å². The summed E-state index contributed by atoms with van der Waals surface area (Å²) in [6, 6.07) is 7.90. The highest BCUT2D eigenvalue weighted by Crippen LogP contribution is 2.16. The maximum atomic E-state index is 12.1. The van der Waals surface area contributed by atoms with Crippen LogP contribution in [0.25, 0.3) is 0 Å². The average molecular weight is 276 g/mol. The molecule has 0 unspecified atom stereocenters. The molecule has 2 amide bonds. The minimum Gasteiger partial charge on any atom is -0.480 e. The van der Waals surface area contributed by atoms with E-state index in [0.717, 1.165) is 6.42 Å². The molecule has 1 heterocycles. The third-order valence-electron chi connectivity index (χ3n) is 3.28. The Balaban J connectivity index is 1.97. The van der Waals surface area contributed by atoms with E-state index in [-0.39, 0.29) is 6.54 Å². The summed E-state index contributed by atoms with van der Waals surface area (Å²) in [4.78, 5) is 36.2. The number of aliphatic carboxylic acids is 1. The molecule has 0 spiro atoms. The minimum absolute atomic E-state index is 0.183. The number of hydrogen-bond acceptors (Lipinski definition) is 4. The highest BCUT2D eigenvalue weighted by atomic mass is 16.4. The van der Waals surface area contributed by atoms with Gasteiger partial charge >= 0.3 is 5.97 Å². The largest absolute Gasteiger partial charge is 0.480 e. The SMILES string of the molecule is O=C(O)CN1CCC[C@@H]1C(=O)NC(=O)c1ccccc1. The first-order chi connectivity index (χ1) is 9.58. The van der Waals surface area contributed by atoms with Crippen molar-refractivity contribution in [3.63, 3.8) is 0 Å². The summed E-state index contributed by atoms with van der Waals surface area (Å²) < 4.78 is 0. The van der Waals surface area contributed by atoms with Gasteiger partial charge in [0.1, 0.15) is 0 Å². The van der Waals surface area contributed by atoms with Crippen LogP contribution in [0.15, 0.2) is 30.3 Å². The number of carbonyl (C=O) groups excluding carboxylic acids is 2. The fourth-order valence-electron chi connectivity index (χ4n) is 2.34. The molecule has 1 aliphatic heterocycles. The van der Waals surface area contributed by atoms with Crippen molar-refractivity contribution in [1.29, 1.82) is 0 Å². The molecule has 1 atom stereocenters. The molecular formula is C14H16N2O4. The van der Waals surface area contributed by atoms with E-state index in [1.807, 2.05) is 0 Å². The summed E-state index contributed by atoms with van der Waals surface area (Å²) >= 11 is 0. The van der Waals surface area contributed by atoms with Crippen LogP contribution < -0.4 is 5.32 Å². The monoisotopic (exact) mass is 276 g/mol. The van der Waals surface area contributed by atoms with Crippen LogP contribution in [-0.4, -0.2) is 46.9 Å². The Labute approximate surface area is 116 Å². The quantitative estimate of drug-likeness (QED) is 0.782. The van der Waals surface area contributed by atoms with Gasteiger partial charge in [0.15, 0.2) is 0 Å². The van der Waals surface area contributed by atoms with Gasteiger partial charge in [-0.15, -0.1) is 0 Å². The molecule has 0 radical (unpaired) electrons. The zero-order chi connectivity index (χ0) is 14.5. The number of likely N-dealkylation sites (tertiary alicyclic amines) is 1. The standard InChI is InChI=1S/C14H16N2O4/c17-12(18)9-16-8-4-7-11(16)14(20)15-13(19)10-5-2-1-3-6-10/h1-3,5-6,11H,4,7-9H2,(H,17,18)(H,15,19,20)/t11-/m1/s1. The third kappa shape index (κ3) is 3.42. The predicted octanol–water partition coefficient (Wildman–Crippen LogP) is 0.492. The van der Waals surface area contributed by atoms with Crippen molar-refractivity contribution in [2.75, 3.05) is 13.1 Å². The highest BCUT2D eigenvalue weighted by Gasteiger charge is 2.32. The van der Waals surface area contributed by atoms with Gasteiger partial charge in [-0.05, 0) is 31.5 Å². The normalized spacial score (nSPS) is 18.7. The first-order valence-corrected chi connectivity index (χ1v) is 6.44. The van der Waals surface area contributed by atoms with Gasteiger partial charge in [-0.3, -0.25) is 24.6 Å². The van der Waals surface area contributed by atoms with Gasteiger partial charge < -0.3 is 5.11 Å². The second kappa shape index (κ2) is 6.29. The molecule has 1 saturated heterocycles. The van der Waals surface area contributed by atoms with Crippen LogP contribution in [-0.2, 0) is 9.59 Å². The van der Waals surface area contributed by atoms with Gasteiger partial charge in [-0.1, -0.05) is 18.2 Å². The summed E-state index contributed by atoms with van der Waals surface area (Å²) in [5, 5.41) is 11.1. The summed E-state index contributed by atoms with van der Waals surface area (Å²) in [5.74, 6) is -1.87. The van der Waals surface area contributed by atoms with Crippen LogP contribution in [0.3, 0.4) is 0 Å². The van der Waals surface area contributed by atoms with Crippen molar-refractivity contribution in [3.05, 3.63) is 35.9 Å². The third-order valence-corrected chi connectivity index (χ3v) is 3.28. The highest BCUT2D eigenvalue weighted by molar-refractivity contribution is 6.06. The van der Waals surface area contributed by atoms with Gasteiger partial charge in [0.25, 0.3) is 5.91 Å². The lowest BCUT2D eigenvalue weighted by Gasteiger charge is -2.21. The van der Waals surface area contributed by atoms with Crippen LogP contribution in [0.4, 0.5) is 0 Å². The molecule has 6 heteroatoms.